The number of rotatable bonds is 1. The van der Waals surface area contributed by atoms with Crippen molar-refractivity contribution in [1.29, 1.82) is 0 Å². The van der Waals surface area contributed by atoms with Crippen molar-refractivity contribution in [3.63, 3.8) is 0 Å². The summed E-state index contributed by atoms with van der Waals surface area (Å²) < 4.78 is 0. The summed E-state index contributed by atoms with van der Waals surface area (Å²) >= 11 is 0. The fourth-order valence-electron chi connectivity index (χ4n) is 1.45. The highest BCUT2D eigenvalue weighted by atomic mass is 14.9. The molecule has 8 heavy (non-hydrogen) atoms. The van der Waals surface area contributed by atoms with Gasteiger partial charge in [-0.15, -0.1) is 0 Å². The van der Waals surface area contributed by atoms with Gasteiger partial charge in [0.15, 0.2) is 0 Å². The van der Waals surface area contributed by atoms with Gasteiger partial charge in [0.05, 0.1) is 0 Å². The highest BCUT2D eigenvalue weighted by Gasteiger charge is 2.19. The second-order valence-electron chi connectivity index (χ2n) is 2.73. The molecule has 1 heterocycles. The molecule has 1 aliphatic rings. The lowest BCUT2D eigenvalue weighted by Gasteiger charge is -2.10. The Morgan fingerprint density at radius 2 is 2.38 bits per heavy atom. The van der Waals surface area contributed by atoms with Gasteiger partial charge in [0.25, 0.3) is 0 Å². The monoisotopic (exact) mass is 113 g/mol. The minimum Gasteiger partial charge on any atom is -0.314 e. The van der Waals surface area contributed by atoms with Gasteiger partial charge in [-0.25, -0.2) is 0 Å². The van der Waals surface area contributed by atoms with Crippen LogP contribution in [0.1, 0.15) is 26.7 Å². The third kappa shape index (κ3) is 1.03. The summed E-state index contributed by atoms with van der Waals surface area (Å²) in [6.45, 7) is 5.81. The standard InChI is InChI=1S/C7H15N/c1-3-7-6(2)4-5-8-7/h6-8H,3-5H2,1-2H3/t6-,7-/m1/s1. The summed E-state index contributed by atoms with van der Waals surface area (Å²) in [5, 5.41) is 3.46. The molecule has 2 atom stereocenters. The van der Waals surface area contributed by atoms with Crippen molar-refractivity contribution in [3.05, 3.63) is 0 Å². The van der Waals surface area contributed by atoms with Gasteiger partial charge < -0.3 is 5.32 Å². The van der Waals surface area contributed by atoms with E-state index in [2.05, 4.69) is 19.2 Å². The summed E-state index contributed by atoms with van der Waals surface area (Å²) in [5.41, 5.74) is 0. The second kappa shape index (κ2) is 2.49. The van der Waals surface area contributed by atoms with Crippen molar-refractivity contribution >= 4 is 0 Å². The summed E-state index contributed by atoms with van der Waals surface area (Å²) in [4.78, 5) is 0. The molecular formula is C7H15N. The Kier molecular flexibility index (Phi) is 1.90. The van der Waals surface area contributed by atoms with E-state index >= 15 is 0 Å². The molecular weight excluding hydrogens is 98.1 g/mol. The largest absolute Gasteiger partial charge is 0.314 e. The molecule has 1 saturated heterocycles. The van der Waals surface area contributed by atoms with Crippen molar-refractivity contribution < 1.29 is 0 Å². The van der Waals surface area contributed by atoms with Gasteiger partial charge in [-0.05, 0) is 25.3 Å². The molecule has 1 N–H and O–H groups in total. The third-order valence-corrected chi connectivity index (χ3v) is 2.13. The zero-order chi connectivity index (χ0) is 5.98. The van der Waals surface area contributed by atoms with Crippen molar-refractivity contribution in [2.24, 2.45) is 5.92 Å². The molecule has 0 saturated carbocycles. The van der Waals surface area contributed by atoms with E-state index in [0.29, 0.717) is 0 Å². The summed E-state index contributed by atoms with van der Waals surface area (Å²) in [6.07, 6.45) is 2.67. The van der Waals surface area contributed by atoms with Crippen LogP contribution >= 0.6 is 0 Å². The molecule has 1 heteroatoms. The van der Waals surface area contributed by atoms with E-state index in [-0.39, 0.29) is 0 Å². The lowest BCUT2D eigenvalue weighted by Crippen LogP contribution is -2.24. The van der Waals surface area contributed by atoms with Crippen molar-refractivity contribution in [2.75, 3.05) is 6.54 Å². The van der Waals surface area contributed by atoms with Crippen LogP contribution in [0.3, 0.4) is 0 Å². The Morgan fingerprint density at radius 1 is 1.62 bits per heavy atom. The molecule has 1 aliphatic heterocycles. The van der Waals surface area contributed by atoms with Gasteiger partial charge in [0.1, 0.15) is 0 Å². The predicted octanol–water partition coefficient (Wildman–Crippen LogP) is 1.39. The molecule has 1 fully saturated rings. The summed E-state index contributed by atoms with van der Waals surface area (Å²) in [7, 11) is 0. The maximum absolute atomic E-state index is 3.46. The first kappa shape index (κ1) is 6.09. The van der Waals surface area contributed by atoms with Crippen LogP contribution in [-0.4, -0.2) is 12.6 Å². The molecule has 1 nitrogen and oxygen atoms in total. The van der Waals surface area contributed by atoms with Crippen LogP contribution in [0.25, 0.3) is 0 Å². The molecule has 1 rings (SSSR count). The predicted molar refractivity (Wildman–Crippen MR) is 35.9 cm³/mol. The molecule has 48 valence electrons. The fourth-order valence-corrected chi connectivity index (χ4v) is 1.45. The third-order valence-electron chi connectivity index (χ3n) is 2.13. The first-order valence-electron chi connectivity index (χ1n) is 3.58. The minimum atomic E-state index is 0.815. The first-order chi connectivity index (χ1) is 3.84. The molecule has 0 aliphatic carbocycles. The molecule has 0 amide bonds. The molecule has 0 radical (unpaired) electrons. The van der Waals surface area contributed by atoms with E-state index < -0.39 is 0 Å². The number of nitrogens with one attached hydrogen (secondary N) is 1. The van der Waals surface area contributed by atoms with Gasteiger partial charge in [0.2, 0.25) is 0 Å². The smallest absolute Gasteiger partial charge is 0.00905 e. The van der Waals surface area contributed by atoms with E-state index in [1.165, 1.54) is 19.4 Å². The lowest BCUT2D eigenvalue weighted by molar-refractivity contribution is 0.470. The average molecular weight is 113 g/mol. The van der Waals surface area contributed by atoms with Crippen LogP contribution in [0.5, 0.6) is 0 Å². The normalized spacial score (nSPS) is 38.2. The van der Waals surface area contributed by atoms with Crippen LogP contribution in [0.2, 0.25) is 0 Å². The van der Waals surface area contributed by atoms with Crippen molar-refractivity contribution in [3.8, 4) is 0 Å². The number of hydrogen-bond donors (Lipinski definition) is 1. The van der Waals surface area contributed by atoms with Crippen molar-refractivity contribution in [2.45, 2.75) is 32.7 Å². The van der Waals surface area contributed by atoms with Crippen LogP contribution in [0, 0.1) is 5.92 Å². The molecule has 0 unspecified atom stereocenters. The van der Waals surface area contributed by atoms with Gasteiger partial charge in [-0.3, -0.25) is 0 Å². The maximum atomic E-state index is 3.46. The van der Waals surface area contributed by atoms with Gasteiger partial charge >= 0.3 is 0 Å². The second-order valence-corrected chi connectivity index (χ2v) is 2.73. The van der Waals surface area contributed by atoms with E-state index in [9.17, 15) is 0 Å². The van der Waals surface area contributed by atoms with E-state index in [1.54, 1.807) is 0 Å². The average Bonchev–Trinajstić information content (AvgIpc) is 2.14. The first-order valence-corrected chi connectivity index (χ1v) is 3.58. The Labute approximate surface area is 51.5 Å². The molecule has 0 aromatic heterocycles. The Morgan fingerprint density at radius 3 is 2.62 bits per heavy atom. The Balaban J connectivity index is 2.30. The van der Waals surface area contributed by atoms with E-state index in [1.807, 2.05) is 0 Å². The highest BCUT2D eigenvalue weighted by molar-refractivity contribution is 4.78. The molecule has 0 bridgehead atoms. The molecule has 0 aromatic rings. The van der Waals surface area contributed by atoms with Gasteiger partial charge in [-0.2, -0.15) is 0 Å². The van der Waals surface area contributed by atoms with Crippen LogP contribution in [0.4, 0.5) is 0 Å². The highest BCUT2D eigenvalue weighted by Crippen LogP contribution is 2.15. The zero-order valence-corrected chi connectivity index (χ0v) is 5.78. The van der Waals surface area contributed by atoms with Crippen molar-refractivity contribution in [1.82, 2.24) is 5.32 Å². The summed E-state index contributed by atoms with van der Waals surface area (Å²) in [6, 6.07) is 0.815. The summed E-state index contributed by atoms with van der Waals surface area (Å²) in [5.74, 6) is 0.917. The van der Waals surface area contributed by atoms with Crippen LogP contribution < -0.4 is 5.32 Å². The topological polar surface area (TPSA) is 12.0 Å². The lowest BCUT2D eigenvalue weighted by atomic mass is 10.0. The van der Waals surface area contributed by atoms with E-state index in [0.717, 1.165) is 12.0 Å². The molecule has 0 aromatic carbocycles. The quantitative estimate of drug-likeness (QED) is 0.542. The fraction of sp³-hybridized carbons (Fsp3) is 1.00. The van der Waals surface area contributed by atoms with Crippen LogP contribution in [-0.2, 0) is 0 Å². The Bertz CT molecular complexity index is 70.8. The Hall–Kier alpha value is -0.0400. The van der Waals surface area contributed by atoms with Crippen LogP contribution in [0.15, 0.2) is 0 Å². The zero-order valence-electron chi connectivity index (χ0n) is 5.78. The molecule has 0 spiro atoms. The number of hydrogen-bond acceptors (Lipinski definition) is 1. The maximum Gasteiger partial charge on any atom is 0.00905 e. The minimum absolute atomic E-state index is 0.815. The van der Waals surface area contributed by atoms with E-state index in [4.69, 9.17) is 0 Å². The van der Waals surface area contributed by atoms with Gasteiger partial charge in [-0.1, -0.05) is 13.8 Å². The SMILES string of the molecule is CC[C@H]1NCC[C@H]1C. The van der Waals surface area contributed by atoms with Gasteiger partial charge in [0, 0.05) is 6.04 Å².